The predicted molar refractivity (Wildman–Crippen MR) is 112 cm³/mol. The van der Waals surface area contributed by atoms with Crippen molar-refractivity contribution in [2.45, 2.75) is 12.8 Å². The van der Waals surface area contributed by atoms with Crippen molar-refractivity contribution in [2.24, 2.45) is 5.92 Å². The molecule has 0 N–H and O–H groups in total. The lowest BCUT2D eigenvalue weighted by molar-refractivity contribution is -0.150. The highest BCUT2D eigenvalue weighted by atomic mass is 35.5. The van der Waals surface area contributed by atoms with Gasteiger partial charge in [-0.15, -0.1) is 0 Å². The second kappa shape index (κ2) is 10.0. The molecule has 0 atom stereocenters. The first-order valence-corrected chi connectivity index (χ1v) is 9.88. The second-order valence-corrected chi connectivity index (χ2v) is 7.32. The van der Waals surface area contributed by atoms with Gasteiger partial charge in [0.05, 0.1) is 5.92 Å². The van der Waals surface area contributed by atoms with E-state index in [2.05, 4.69) is 0 Å². The topological polar surface area (TPSA) is 63.7 Å². The van der Waals surface area contributed by atoms with E-state index in [9.17, 15) is 14.4 Å². The number of hydrogen-bond acceptors (Lipinski definition) is 4. The third kappa shape index (κ3) is 6.03. The average Bonchev–Trinajstić information content (AvgIpc) is 2.77. The molecule has 6 heteroatoms. The maximum absolute atomic E-state index is 12.3. The lowest BCUT2D eigenvalue weighted by Gasteiger charge is -2.30. The number of ketones is 1. The molecule has 29 heavy (non-hydrogen) atoms. The summed E-state index contributed by atoms with van der Waals surface area (Å²) in [7, 11) is 0. The third-order valence-electron chi connectivity index (χ3n) is 4.87. The zero-order chi connectivity index (χ0) is 20.6. The van der Waals surface area contributed by atoms with Crippen molar-refractivity contribution in [1.29, 1.82) is 0 Å². The summed E-state index contributed by atoms with van der Waals surface area (Å²) < 4.78 is 5.19. The molecule has 2 aromatic rings. The van der Waals surface area contributed by atoms with E-state index < -0.39 is 0 Å². The number of Topliss-reactive ketones (excluding diaryl/α,β-unsaturated/α-hetero) is 1. The molecule has 1 amide bonds. The van der Waals surface area contributed by atoms with E-state index in [1.54, 1.807) is 41.3 Å². The quantitative estimate of drug-likeness (QED) is 0.409. The first kappa shape index (κ1) is 20.8. The van der Waals surface area contributed by atoms with E-state index >= 15 is 0 Å². The fourth-order valence-electron chi connectivity index (χ4n) is 3.15. The zero-order valence-electron chi connectivity index (χ0n) is 15.9. The van der Waals surface area contributed by atoms with Crippen LogP contribution in [0.4, 0.5) is 0 Å². The number of nitrogens with zero attached hydrogens (tertiary/aromatic N) is 1. The Kier molecular flexibility index (Phi) is 7.19. The van der Waals surface area contributed by atoms with Crippen molar-refractivity contribution >= 4 is 35.3 Å². The number of esters is 1. The summed E-state index contributed by atoms with van der Waals surface area (Å²) in [5.41, 5.74) is 1.41. The monoisotopic (exact) mass is 411 g/mol. The van der Waals surface area contributed by atoms with Crippen LogP contribution in [-0.4, -0.2) is 42.3 Å². The lowest BCUT2D eigenvalue weighted by Crippen LogP contribution is -2.40. The van der Waals surface area contributed by atoms with Gasteiger partial charge in [0, 0.05) is 29.8 Å². The molecule has 2 aromatic carbocycles. The number of carbonyl (C=O) groups is 3. The molecule has 1 heterocycles. The minimum atomic E-state index is -0.390. The van der Waals surface area contributed by atoms with Gasteiger partial charge >= 0.3 is 5.97 Å². The molecule has 0 spiro atoms. The molecule has 0 aromatic heterocycles. The molecule has 1 aliphatic rings. The molecule has 0 radical (unpaired) electrons. The Morgan fingerprint density at radius 2 is 1.66 bits per heavy atom. The van der Waals surface area contributed by atoms with Crippen LogP contribution in [0, 0.1) is 5.92 Å². The zero-order valence-corrected chi connectivity index (χ0v) is 16.7. The van der Waals surface area contributed by atoms with Gasteiger partial charge in [-0.3, -0.25) is 14.4 Å². The number of ether oxygens (including phenoxy) is 1. The molecule has 150 valence electrons. The summed E-state index contributed by atoms with van der Waals surface area (Å²) in [6.45, 7) is 0.686. The van der Waals surface area contributed by atoms with Gasteiger partial charge in [-0.1, -0.05) is 41.9 Å². The first-order chi connectivity index (χ1) is 14.0. The summed E-state index contributed by atoms with van der Waals surface area (Å²) >= 11 is 5.80. The number of halogens is 1. The summed E-state index contributed by atoms with van der Waals surface area (Å²) in [5, 5.41) is 0.540. The molecule has 0 bridgehead atoms. The van der Waals surface area contributed by atoms with Crippen molar-refractivity contribution in [3.8, 4) is 0 Å². The Bertz CT molecular complexity index is 885. The predicted octanol–water partition coefficient (Wildman–Crippen LogP) is 4.02. The van der Waals surface area contributed by atoms with Crippen LogP contribution in [-0.2, 0) is 14.3 Å². The molecule has 1 aliphatic heterocycles. The molecule has 0 unspecified atom stereocenters. The van der Waals surface area contributed by atoms with E-state index in [4.69, 9.17) is 16.3 Å². The van der Waals surface area contributed by atoms with Crippen LogP contribution >= 0.6 is 11.6 Å². The molecular weight excluding hydrogens is 390 g/mol. The van der Waals surface area contributed by atoms with Gasteiger partial charge in [0.15, 0.2) is 12.4 Å². The Labute approximate surface area is 174 Å². The van der Waals surface area contributed by atoms with Crippen LogP contribution in [0.25, 0.3) is 6.08 Å². The van der Waals surface area contributed by atoms with Crippen LogP contribution in [0.5, 0.6) is 0 Å². The molecule has 0 aliphatic carbocycles. The van der Waals surface area contributed by atoms with Crippen molar-refractivity contribution in [3.63, 3.8) is 0 Å². The summed E-state index contributed by atoms with van der Waals surface area (Å²) in [6, 6.07) is 16.1. The van der Waals surface area contributed by atoms with Crippen molar-refractivity contribution in [1.82, 2.24) is 4.90 Å². The maximum Gasteiger partial charge on any atom is 0.309 e. The maximum atomic E-state index is 12.3. The van der Waals surface area contributed by atoms with Gasteiger partial charge in [-0.2, -0.15) is 0 Å². The molecule has 3 rings (SSSR count). The number of amides is 1. The molecule has 1 saturated heterocycles. The summed E-state index contributed by atoms with van der Waals surface area (Å²) in [5.74, 6) is -1.03. The van der Waals surface area contributed by atoms with Gasteiger partial charge in [0.1, 0.15) is 0 Å². The average molecular weight is 412 g/mol. The van der Waals surface area contributed by atoms with Crippen molar-refractivity contribution in [3.05, 3.63) is 76.8 Å². The lowest BCUT2D eigenvalue weighted by atomic mass is 9.97. The van der Waals surface area contributed by atoms with E-state index in [0.29, 0.717) is 36.5 Å². The minimum absolute atomic E-state index is 0.0708. The number of likely N-dealkylation sites (tertiary alicyclic amines) is 1. The Morgan fingerprint density at radius 1 is 1.00 bits per heavy atom. The fourth-order valence-corrected chi connectivity index (χ4v) is 3.27. The Morgan fingerprint density at radius 3 is 2.31 bits per heavy atom. The van der Waals surface area contributed by atoms with Crippen molar-refractivity contribution < 1.29 is 19.1 Å². The van der Waals surface area contributed by atoms with Crippen LogP contribution < -0.4 is 0 Å². The van der Waals surface area contributed by atoms with Crippen LogP contribution in [0.2, 0.25) is 5.02 Å². The second-order valence-electron chi connectivity index (χ2n) is 6.88. The van der Waals surface area contributed by atoms with E-state index in [1.165, 1.54) is 0 Å². The smallest absolute Gasteiger partial charge is 0.309 e. The number of rotatable bonds is 6. The summed E-state index contributed by atoms with van der Waals surface area (Å²) in [4.78, 5) is 38.4. The Hall–Kier alpha value is -2.92. The van der Waals surface area contributed by atoms with Gasteiger partial charge in [-0.05, 0) is 48.7 Å². The van der Waals surface area contributed by atoms with Crippen molar-refractivity contribution in [2.75, 3.05) is 19.7 Å². The minimum Gasteiger partial charge on any atom is -0.457 e. The highest BCUT2D eigenvalue weighted by Crippen LogP contribution is 2.19. The van der Waals surface area contributed by atoms with Crippen LogP contribution in [0.15, 0.2) is 60.7 Å². The number of benzene rings is 2. The molecular formula is C23H22ClNO4. The standard InChI is InChI=1S/C23H22ClNO4/c24-20-9-7-18(8-10-20)21(26)16-29-23(28)19-12-14-25(15-13-19)22(27)11-6-17-4-2-1-3-5-17/h1-11,19H,12-16H2/b11-6+. The van der Waals surface area contributed by atoms with Gasteiger partial charge in [0.2, 0.25) is 5.91 Å². The molecule has 1 fully saturated rings. The van der Waals surface area contributed by atoms with Gasteiger partial charge in [-0.25, -0.2) is 0 Å². The van der Waals surface area contributed by atoms with E-state index in [0.717, 1.165) is 5.56 Å². The summed E-state index contributed by atoms with van der Waals surface area (Å²) in [6.07, 6.45) is 4.39. The highest BCUT2D eigenvalue weighted by molar-refractivity contribution is 6.30. The first-order valence-electron chi connectivity index (χ1n) is 9.50. The SMILES string of the molecule is O=C(COC(=O)C1CCN(C(=O)/C=C/c2ccccc2)CC1)c1ccc(Cl)cc1. The number of carbonyl (C=O) groups excluding carboxylic acids is 3. The fraction of sp³-hybridized carbons (Fsp3) is 0.261. The molecule has 0 saturated carbocycles. The number of hydrogen-bond donors (Lipinski definition) is 0. The number of piperidine rings is 1. The normalized spacial score (nSPS) is 14.7. The van der Waals surface area contributed by atoms with Crippen LogP contribution in [0.3, 0.4) is 0 Å². The van der Waals surface area contributed by atoms with Crippen LogP contribution in [0.1, 0.15) is 28.8 Å². The van der Waals surface area contributed by atoms with E-state index in [-0.39, 0.29) is 30.2 Å². The van der Waals surface area contributed by atoms with Gasteiger partial charge < -0.3 is 9.64 Å². The third-order valence-corrected chi connectivity index (χ3v) is 5.12. The van der Waals surface area contributed by atoms with E-state index in [1.807, 2.05) is 30.3 Å². The highest BCUT2D eigenvalue weighted by Gasteiger charge is 2.28. The molecule has 5 nitrogen and oxygen atoms in total. The largest absolute Gasteiger partial charge is 0.457 e. The Balaban J connectivity index is 1.43. The van der Waals surface area contributed by atoms with Gasteiger partial charge in [0.25, 0.3) is 0 Å².